The Labute approximate surface area is 211 Å². The summed E-state index contributed by atoms with van der Waals surface area (Å²) in [5.74, 6) is 1.77. The van der Waals surface area contributed by atoms with Crippen molar-refractivity contribution in [3.8, 4) is 22.8 Å². The topological polar surface area (TPSA) is 88.8 Å². The molecule has 4 aromatic rings. The molecule has 1 aromatic carbocycles. The Bertz CT molecular complexity index is 1460. The number of aryl methyl sites for hydroxylation is 1. The number of halogens is 3. The average Bonchev–Trinajstić information content (AvgIpc) is 3.39. The molecule has 1 N–H and O–H groups in total. The van der Waals surface area contributed by atoms with Crippen molar-refractivity contribution in [3.05, 3.63) is 71.8 Å². The standard InChI is InChI=1S/C26H24F3N7O/c1-15(2)32-22-19(5-4-10-30-22)23-31-12-18-11-21(37)36(25(18)34-23)13-16-6-8-17(9-7-16)24-33-20(14-35(24)3)26(27,28)29/h4-10,12,14-15H,11,13H2,1-3H3,(H,30,32). The van der Waals surface area contributed by atoms with Gasteiger partial charge in [-0.3, -0.25) is 9.69 Å². The molecule has 0 radical (unpaired) electrons. The number of carbonyl (C=O) groups excluding carboxylic acids is 1. The maximum absolute atomic E-state index is 13.0. The Morgan fingerprint density at radius 3 is 2.51 bits per heavy atom. The molecule has 0 aliphatic carbocycles. The summed E-state index contributed by atoms with van der Waals surface area (Å²) in [6.07, 6.45) is 0.0116. The fourth-order valence-corrected chi connectivity index (χ4v) is 4.21. The van der Waals surface area contributed by atoms with Crippen molar-refractivity contribution in [1.82, 2.24) is 24.5 Å². The number of benzene rings is 1. The summed E-state index contributed by atoms with van der Waals surface area (Å²) in [5.41, 5.74) is 1.88. The minimum atomic E-state index is -4.51. The van der Waals surface area contributed by atoms with Crippen molar-refractivity contribution < 1.29 is 18.0 Å². The largest absolute Gasteiger partial charge is 0.434 e. The van der Waals surface area contributed by atoms with Crippen molar-refractivity contribution in [3.63, 3.8) is 0 Å². The quantitative estimate of drug-likeness (QED) is 0.401. The van der Waals surface area contributed by atoms with Gasteiger partial charge in [-0.2, -0.15) is 13.2 Å². The maximum Gasteiger partial charge on any atom is 0.434 e. The summed E-state index contributed by atoms with van der Waals surface area (Å²) in [5, 5.41) is 3.29. The first-order chi connectivity index (χ1) is 17.6. The van der Waals surface area contributed by atoms with Crippen LogP contribution in [-0.2, 0) is 31.0 Å². The van der Waals surface area contributed by atoms with E-state index in [0.717, 1.165) is 22.9 Å². The lowest BCUT2D eigenvalue weighted by atomic mass is 10.1. The Kier molecular flexibility index (Phi) is 6.14. The number of carbonyl (C=O) groups is 1. The number of nitrogens with zero attached hydrogens (tertiary/aromatic N) is 6. The highest BCUT2D eigenvalue weighted by Gasteiger charge is 2.34. The first-order valence-corrected chi connectivity index (χ1v) is 11.7. The first-order valence-electron chi connectivity index (χ1n) is 11.7. The molecule has 8 nitrogen and oxygen atoms in total. The summed E-state index contributed by atoms with van der Waals surface area (Å²) in [6.45, 7) is 4.29. The number of hydrogen-bond acceptors (Lipinski definition) is 6. The van der Waals surface area contributed by atoms with Crippen LogP contribution in [0.5, 0.6) is 0 Å². The molecule has 5 rings (SSSR count). The Hall–Kier alpha value is -4.28. The molecule has 0 atom stereocenters. The van der Waals surface area contributed by atoms with E-state index in [2.05, 4.69) is 20.3 Å². The smallest absolute Gasteiger partial charge is 0.367 e. The van der Waals surface area contributed by atoms with Gasteiger partial charge >= 0.3 is 6.18 Å². The van der Waals surface area contributed by atoms with Gasteiger partial charge in [0.25, 0.3) is 0 Å². The zero-order chi connectivity index (χ0) is 26.3. The van der Waals surface area contributed by atoms with Crippen LogP contribution in [0.3, 0.4) is 0 Å². The molecule has 190 valence electrons. The number of imidazole rings is 1. The summed E-state index contributed by atoms with van der Waals surface area (Å²) in [4.78, 5) is 31.8. The predicted molar refractivity (Wildman–Crippen MR) is 133 cm³/mol. The van der Waals surface area contributed by atoms with Gasteiger partial charge in [-0.05, 0) is 31.5 Å². The highest BCUT2D eigenvalue weighted by molar-refractivity contribution is 6.00. The number of aromatic nitrogens is 5. The van der Waals surface area contributed by atoms with Crippen LogP contribution >= 0.6 is 0 Å². The zero-order valence-electron chi connectivity index (χ0n) is 20.4. The molecular weight excluding hydrogens is 483 g/mol. The number of hydrogen-bond donors (Lipinski definition) is 1. The van der Waals surface area contributed by atoms with Crippen LogP contribution in [0.4, 0.5) is 24.8 Å². The summed E-state index contributed by atoms with van der Waals surface area (Å²) in [6, 6.07) is 10.8. The monoisotopic (exact) mass is 507 g/mol. The fraction of sp³-hybridized carbons (Fsp3) is 0.269. The second kappa shape index (κ2) is 9.30. The molecule has 0 unspecified atom stereocenters. The molecule has 11 heteroatoms. The molecule has 4 heterocycles. The molecule has 1 amide bonds. The van der Waals surface area contributed by atoms with Gasteiger partial charge in [-0.1, -0.05) is 24.3 Å². The van der Waals surface area contributed by atoms with E-state index in [1.807, 2.05) is 19.9 Å². The Morgan fingerprint density at radius 2 is 1.84 bits per heavy atom. The molecular formula is C26H24F3N7O. The van der Waals surface area contributed by atoms with Gasteiger partial charge in [0, 0.05) is 42.8 Å². The van der Waals surface area contributed by atoms with Crippen molar-refractivity contribution in [2.45, 2.75) is 39.0 Å². The van der Waals surface area contributed by atoms with Gasteiger partial charge in [0.05, 0.1) is 18.5 Å². The maximum atomic E-state index is 13.0. The summed E-state index contributed by atoms with van der Waals surface area (Å²) >= 11 is 0. The van der Waals surface area contributed by atoms with Crippen molar-refractivity contribution in [1.29, 1.82) is 0 Å². The minimum absolute atomic E-state index is 0.101. The van der Waals surface area contributed by atoms with Crippen LogP contribution in [0.15, 0.2) is 55.0 Å². The van der Waals surface area contributed by atoms with Crippen LogP contribution in [0.1, 0.15) is 30.7 Å². The third-order valence-electron chi connectivity index (χ3n) is 5.93. The average molecular weight is 508 g/mol. The predicted octanol–water partition coefficient (Wildman–Crippen LogP) is 4.87. The van der Waals surface area contributed by atoms with Gasteiger partial charge in [-0.25, -0.2) is 19.9 Å². The molecule has 1 aliphatic heterocycles. The minimum Gasteiger partial charge on any atom is -0.367 e. The first kappa shape index (κ1) is 24.4. The van der Waals surface area contributed by atoms with Gasteiger partial charge < -0.3 is 9.88 Å². The third-order valence-corrected chi connectivity index (χ3v) is 5.93. The van der Waals surface area contributed by atoms with Crippen LogP contribution in [0, 0.1) is 0 Å². The molecule has 0 bridgehead atoms. The van der Waals surface area contributed by atoms with Crippen molar-refractivity contribution in [2.75, 3.05) is 10.2 Å². The molecule has 37 heavy (non-hydrogen) atoms. The van der Waals surface area contributed by atoms with E-state index < -0.39 is 11.9 Å². The van der Waals surface area contributed by atoms with Crippen LogP contribution in [0.2, 0.25) is 0 Å². The van der Waals surface area contributed by atoms with E-state index in [1.165, 1.54) is 11.6 Å². The van der Waals surface area contributed by atoms with E-state index in [4.69, 9.17) is 4.98 Å². The fourth-order valence-electron chi connectivity index (χ4n) is 4.21. The van der Waals surface area contributed by atoms with Crippen molar-refractivity contribution >= 4 is 17.5 Å². The SMILES string of the molecule is CC(C)Nc1ncccc1-c1ncc2c(n1)N(Cc1ccc(-c3nc(C(F)(F)F)cn3C)cc1)C(=O)C2. The van der Waals surface area contributed by atoms with E-state index in [9.17, 15) is 18.0 Å². The number of pyridine rings is 1. The number of rotatable bonds is 6. The van der Waals surface area contributed by atoms with E-state index in [-0.39, 0.29) is 30.7 Å². The highest BCUT2D eigenvalue weighted by Crippen LogP contribution is 2.33. The second-order valence-electron chi connectivity index (χ2n) is 9.15. The summed E-state index contributed by atoms with van der Waals surface area (Å²) in [7, 11) is 1.52. The number of alkyl halides is 3. The van der Waals surface area contributed by atoms with Gasteiger partial charge in [0.1, 0.15) is 17.5 Å². The van der Waals surface area contributed by atoms with Crippen LogP contribution < -0.4 is 10.2 Å². The molecule has 3 aromatic heterocycles. The number of nitrogens with one attached hydrogen (secondary N) is 1. The zero-order valence-corrected chi connectivity index (χ0v) is 20.4. The third kappa shape index (κ3) is 4.89. The molecule has 0 spiro atoms. The second-order valence-corrected chi connectivity index (χ2v) is 9.15. The molecule has 0 saturated heterocycles. The van der Waals surface area contributed by atoms with E-state index >= 15 is 0 Å². The normalized spacial score (nSPS) is 13.4. The molecule has 1 aliphatic rings. The lowest BCUT2D eigenvalue weighted by molar-refractivity contribution is -0.140. The van der Waals surface area contributed by atoms with Crippen molar-refractivity contribution in [2.24, 2.45) is 7.05 Å². The van der Waals surface area contributed by atoms with Gasteiger partial charge in [-0.15, -0.1) is 0 Å². The van der Waals surface area contributed by atoms with Gasteiger partial charge in [0.2, 0.25) is 5.91 Å². The lowest BCUT2D eigenvalue weighted by Gasteiger charge is -2.18. The Morgan fingerprint density at radius 1 is 1.08 bits per heavy atom. The van der Waals surface area contributed by atoms with Gasteiger partial charge in [0.15, 0.2) is 11.5 Å². The van der Waals surface area contributed by atoms with E-state index in [0.29, 0.717) is 23.0 Å². The van der Waals surface area contributed by atoms with E-state index in [1.54, 1.807) is 47.6 Å². The molecule has 0 saturated carbocycles. The van der Waals surface area contributed by atoms with Crippen LogP contribution in [-0.4, -0.2) is 36.5 Å². The lowest BCUT2D eigenvalue weighted by Crippen LogP contribution is -2.26. The Balaban J connectivity index is 1.41. The number of anilines is 2. The number of amides is 1. The van der Waals surface area contributed by atoms with Crippen LogP contribution in [0.25, 0.3) is 22.8 Å². The highest BCUT2D eigenvalue weighted by atomic mass is 19.4. The summed E-state index contributed by atoms with van der Waals surface area (Å²) < 4.78 is 40.4. The molecule has 0 fully saturated rings. The number of fused-ring (bicyclic) bond motifs is 1.